The number of anilines is 1. The van der Waals surface area contributed by atoms with Crippen LogP contribution in [0.2, 0.25) is 0 Å². The number of nitrogens with two attached hydrogens (primary N) is 1. The third-order valence-corrected chi connectivity index (χ3v) is 3.56. The van der Waals surface area contributed by atoms with Crippen LogP contribution in [0.5, 0.6) is 11.5 Å². The minimum Gasteiger partial charge on any atom is -0.490 e. The van der Waals surface area contributed by atoms with Gasteiger partial charge in [0, 0.05) is 19.6 Å². The summed E-state index contributed by atoms with van der Waals surface area (Å²) in [6, 6.07) is 5.62. The van der Waals surface area contributed by atoms with Crippen LogP contribution in [0.1, 0.15) is 39.5 Å². The average Bonchev–Trinajstić information content (AvgIpc) is 2.42. The van der Waals surface area contributed by atoms with Gasteiger partial charge < -0.3 is 19.9 Å². The number of rotatable bonds is 5. The summed E-state index contributed by atoms with van der Waals surface area (Å²) in [6.07, 6.45) is 4.91. The van der Waals surface area contributed by atoms with Crippen LogP contribution in [0.3, 0.4) is 0 Å². The molecule has 112 valence electrons. The Morgan fingerprint density at radius 1 is 1.20 bits per heavy atom. The van der Waals surface area contributed by atoms with Gasteiger partial charge in [0.1, 0.15) is 17.6 Å². The molecule has 1 fully saturated rings. The second-order valence-corrected chi connectivity index (χ2v) is 5.63. The van der Waals surface area contributed by atoms with Crippen molar-refractivity contribution in [2.45, 2.75) is 57.8 Å². The Bertz CT molecular complexity index is 434. The summed E-state index contributed by atoms with van der Waals surface area (Å²) in [5, 5.41) is 0. The number of hydrogen-bond donors (Lipinski definition) is 1. The van der Waals surface area contributed by atoms with Gasteiger partial charge in [-0.05, 0) is 45.2 Å². The van der Waals surface area contributed by atoms with E-state index in [1.54, 1.807) is 7.11 Å². The van der Waals surface area contributed by atoms with Gasteiger partial charge in [-0.2, -0.15) is 0 Å². The second kappa shape index (κ2) is 6.84. The van der Waals surface area contributed by atoms with Crippen molar-refractivity contribution < 1.29 is 14.2 Å². The molecule has 1 aliphatic rings. The highest BCUT2D eigenvalue weighted by molar-refractivity contribution is 5.55. The van der Waals surface area contributed by atoms with Crippen LogP contribution < -0.4 is 15.2 Å². The van der Waals surface area contributed by atoms with E-state index in [-0.39, 0.29) is 12.2 Å². The van der Waals surface area contributed by atoms with Crippen molar-refractivity contribution in [3.63, 3.8) is 0 Å². The third kappa shape index (κ3) is 4.04. The van der Waals surface area contributed by atoms with E-state index in [9.17, 15) is 0 Å². The van der Waals surface area contributed by atoms with Gasteiger partial charge in [0.25, 0.3) is 0 Å². The number of nitrogen functional groups attached to an aromatic ring is 1. The molecular formula is C16H25NO3. The first-order valence-corrected chi connectivity index (χ1v) is 7.34. The molecule has 0 amide bonds. The van der Waals surface area contributed by atoms with Crippen molar-refractivity contribution in [2.24, 2.45) is 0 Å². The SMILES string of the molecule is COC1CCCC(Oc2ccc(N)c(OC(C)C)c2)C1. The highest BCUT2D eigenvalue weighted by Crippen LogP contribution is 2.31. The Morgan fingerprint density at radius 2 is 1.95 bits per heavy atom. The molecule has 2 atom stereocenters. The van der Waals surface area contributed by atoms with E-state index in [4.69, 9.17) is 19.9 Å². The number of benzene rings is 1. The fourth-order valence-electron chi connectivity index (χ4n) is 2.56. The lowest BCUT2D eigenvalue weighted by Gasteiger charge is -2.28. The third-order valence-electron chi connectivity index (χ3n) is 3.56. The molecule has 4 nitrogen and oxygen atoms in total. The molecule has 1 saturated carbocycles. The molecule has 1 aromatic carbocycles. The smallest absolute Gasteiger partial charge is 0.146 e. The predicted octanol–water partition coefficient (Wildman–Crippen LogP) is 3.39. The molecule has 0 aliphatic heterocycles. The lowest BCUT2D eigenvalue weighted by Crippen LogP contribution is -2.29. The lowest BCUT2D eigenvalue weighted by atomic mass is 9.95. The molecule has 0 aromatic heterocycles. The summed E-state index contributed by atoms with van der Waals surface area (Å²) in [5.41, 5.74) is 6.56. The molecule has 0 heterocycles. The maximum Gasteiger partial charge on any atom is 0.146 e. The van der Waals surface area contributed by atoms with Crippen LogP contribution >= 0.6 is 0 Å². The molecule has 2 N–H and O–H groups in total. The molecule has 1 aliphatic carbocycles. The maximum atomic E-state index is 6.05. The Balaban J connectivity index is 2.02. The van der Waals surface area contributed by atoms with E-state index in [0.29, 0.717) is 17.5 Å². The van der Waals surface area contributed by atoms with E-state index in [1.807, 2.05) is 32.0 Å². The van der Waals surface area contributed by atoms with E-state index in [1.165, 1.54) is 0 Å². The topological polar surface area (TPSA) is 53.7 Å². The first-order valence-electron chi connectivity index (χ1n) is 7.34. The second-order valence-electron chi connectivity index (χ2n) is 5.63. The van der Waals surface area contributed by atoms with Gasteiger partial charge >= 0.3 is 0 Å². The zero-order valence-electron chi connectivity index (χ0n) is 12.6. The summed E-state index contributed by atoms with van der Waals surface area (Å²) in [4.78, 5) is 0. The molecule has 1 aromatic rings. The molecule has 0 saturated heterocycles. The summed E-state index contributed by atoms with van der Waals surface area (Å²) >= 11 is 0. The van der Waals surface area contributed by atoms with Gasteiger partial charge in [-0.15, -0.1) is 0 Å². The minimum atomic E-state index is 0.0973. The summed E-state index contributed by atoms with van der Waals surface area (Å²) in [7, 11) is 1.77. The van der Waals surface area contributed by atoms with Gasteiger partial charge in [-0.1, -0.05) is 0 Å². The molecular weight excluding hydrogens is 254 g/mol. The van der Waals surface area contributed by atoms with Crippen LogP contribution in [0, 0.1) is 0 Å². The first-order chi connectivity index (χ1) is 9.58. The van der Waals surface area contributed by atoms with E-state index in [0.717, 1.165) is 31.4 Å². The highest BCUT2D eigenvalue weighted by Gasteiger charge is 2.23. The standard InChI is InChI=1S/C16H25NO3/c1-11(2)19-16-10-14(7-8-15(16)17)20-13-6-4-5-12(9-13)18-3/h7-8,10-13H,4-6,9,17H2,1-3H3. The lowest BCUT2D eigenvalue weighted by molar-refractivity contribution is 0.0209. The van der Waals surface area contributed by atoms with Crippen LogP contribution in [-0.2, 0) is 4.74 Å². The van der Waals surface area contributed by atoms with Crippen molar-refractivity contribution >= 4 is 5.69 Å². The Labute approximate surface area is 121 Å². The molecule has 0 bridgehead atoms. The van der Waals surface area contributed by atoms with Gasteiger partial charge in [-0.3, -0.25) is 0 Å². The van der Waals surface area contributed by atoms with Crippen molar-refractivity contribution in [1.29, 1.82) is 0 Å². The Morgan fingerprint density at radius 3 is 2.65 bits per heavy atom. The molecule has 4 heteroatoms. The highest BCUT2D eigenvalue weighted by atomic mass is 16.5. The van der Waals surface area contributed by atoms with Gasteiger partial charge in [0.15, 0.2) is 0 Å². The quantitative estimate of drug-likeness (QED) is 0.839. The fraction of sp³-hybridized carbons (Fsp3) is 0.625. The maximum absolute atomic E-state index is 6.05. The van der Waals surface area contributed by atoms with E-state index < -0.39 is 0 Å². The van der Waals surface area contributed by atoms with Crippen molar-refractivity contribution in [1.82, 2.24) is 0 Å². The molecule has 20 heavy (non-hydrogen) atoms. The average molecular weight is 279 g/mol. The number of hydrogen-bond acceptors (Lipinski definition) is 4. The molecule has 2 rings (SSSR count). The van der Waals surface area contributed by atoms with Crippen LogP contribution in [0.15, 0.2) is 18.2 Å². The largest absolute Gasteiger partial charge is 0.490 e. The zero-order chi connectivity index (χ0) is 14.5. The normalized spacial score (nSPS) is 22.8. The monoisotopic (exact) mass is 279 g/mol. The van der Waals surface area contributed by atoms with Crippen LogP contribution in [-0.4, -0.2) is 25.4 Å². The van der Waals surface area contributed by atoms with Crippen molar-refractivity contribution in [3.05, 3.63) is 18.2 Å². The first kappa shape index (κ1) is 15.0. The Kier molecular flexibility index (Phi) is 5.12. The van der Waals surface area contributed by atoms with E-state index in [2.05, 4.69) is 0 Å². The minimum absolute atomic E-state index is 0.0973. The number of methoxy groups -OCH3 is 1. The number of ether oxygens (including phenoxy) is 3. The molecule has 0 radical (unpaired) electrons. The molecule has 2 unspecified atom stereocenters. The van der Waals surface area contributed by atoms with Gasteiger partial charge in [0.2, 0.25) is 0 Å². The zero-order valence-corrected chi connectivity index (χ0v) is 12.6. The van der Waals surface area contributed by atoms with Gasteiger partial charge in [0.05, 0.1) is 17.9 Å². The predicted molar refractivity (Wildman–Crippen MR) is 80.3 cm³/mol. The summed E-state index contributed by atoms with van der Waals surface area (Å²) in [5.74, 6) is 1.51. The fourth-order valence-corrected chi connectivity index (χ4v) is 2.56. The molecule has 0 spiro atoms. The van der Waals surface area contributed by atoms with Crippen molar-refractivity contribution in [3.8, 4) is 11.5 Å². The van der Waals surface area contributed by atoms with E-state index >= 15 is 0 Å². The van der Waals surface area contributed by atoms with Crippen molar-refractivity contribution in [2.75, 3.05) is 12.8 Å². The van der Waals surface area contributed by atoms with Crippen LogP contribution in [0.25, 0.3) is 0 Å². The summed E-state index contributed by atoms with van der Waals surface area (Å²) in [6.45, 7) is 3.97. The summed E-state index contributed by atoms with van der Waals surface area (Å²) < 4.78 is 17.2. The van der Waals surface area contributed by atoms with Crippen LogP contribution in [0.4, 0.5) is 5.69 Å². The Hall–Kier alpha value is -1.42. The van der Waals surface area contributed by atoms with Gasteiger partial charge in [-0.25, -0.2) is 0 Å².